The normalized spacial score (nSPS) is 14.3. The molecule has 0 atom stereocenters. The maximum atomic E-state index is 13.6. The fraction of sp³-hybridized carbons (Fsp3) is 0.237. The van der Waals surface area contributed by atoms with Crippen molar-refractivity contribution in [2.45, 2.75) is 59.8 Å². The lowest BCUT2D eigenvalue weighted by molar-refractivity contribution is 0.0919. The van der Waals surface area contributed by atoms with Crippen LogP contribution in [0.25, 0.3) is 44.3 Å². The molecule has 5 heterocycles. The number of aromatic nitrogens is 4. The molecule has 3 aromatic heterocycles. The van der Waals surface area contributed by atoms with Crippen molar-refractivity contribution in [2.75, 3.05) is 0 Å². The first kappa shape index (κ1) is 27.1. The second-order valence-corrected chi connectivity index (χ2v) is 12.7. The van der Waals surface area contributed by atoms with E-state index in [1.54, 1.807) is 0 Å². The zero-order valence-electron chi connectivity index (χ0n) is 25.6. The number of fused-ring (bicyclic) bond motifs is 8. The van der Waals surface area contributed by atoms with Crippen molar-refractivity contribution in [1.82, 2.24) is 19.9 Å². The van der Waals surface area contributed by atoms with Crippen LogP contribution in [0.15, 0.2) is 72.8 Å². The molecule has 5 nitrogen and oxygen atoms in total. The predicted octanol–water partition coefficient (Wildman–Crippen LogP) is 8.83. The molecular weight excluding hydrogens is 528 g/mol. The summed E-state index contributed by atoms with van der Waals surface area (Å²) < 4.78 is 0. The van der Waals surface area contributed by atoms with Crippen LogP contribution in [0, 0.1) is 27.7 Å². The molecule has 5 heteroatoms. The van der Waals surface area contributed by atoms with Gasteiger partial charge < -0.3 is 9.97 Å². The molecule has 5 aromatic rings. The first-order valence-electron chi connectivity index (χ1n) is 15.0. The lowest BCUT2D eigenvalue weighted by atomic mass is 9.85. The first-order chi connectivity index (χ1) is 20.6. The van der Waals surface area contributed by atoms with Gasteiger partial charge in [-0.25, -0.2) is 4.98 Å². The maximum Gasteiger partial charge on any atom is 0.192 e. The lowest BCUT2D eigenvalue weighted by Gasteiger charge is -2.13. The van der Waals surface area contributed by atoms with Crippen LogP contribution < -0.4 is 0 Å². The minimum atomic E-state index is -0.726. The van der Waals surface area contributed by atoms with Gasteiger partial charge in [0.2, 0.25) is 0 Å². The van der Waals surface area contributed by atoms with E-state index in [0.29, 0.717) is 5.69 Å². The van der Waals surface area contributed by atoms with Crippen molar-refractivity contribution in [3.05, 3.63) is 118 Å². The number of hydrogen-bond acceptors (Lipinski definition) is 3. The molecule has 43 heavy (non-hydrogen) atoms. The molecule has 2 aliphatic heterocycles. The van der Waals surface area contributed by atoms with E-state index in [-0.39, 0.29) is 5.78 Å². The summed E-state index contributed by atoms with van der Waals surface area (Å²) in [5, 5.41) is 0. The second kappa shape index (κ2) is 9.91. The van der Waals surface area contributed by atoms with Gasteiger partial charge in [0.1, 0.15) is 5.69 Å². The lowest BCUT2D eigenvalue weighted by Crippen LogP contribution is -2.23. The largest absolute Gasteiger partial charge is 0.355 e. The van der Waals surface area contributed by atoms with Crippen molar-refractivity contribution in [1.29, 1.82) is 0 Å². The minimum absolute atomic E-state index is 0.0197. The monoisotopic (exact) mass is 564 g/mol. The predicted molar refractivity (Wildman–Crippen MR) is 176 cm³/mol. The van der Waals surface area contributed by atoms with Crippen LogP contribution in [-0.2, 0) is 18.3 Å². The van der Waals surface area contributed by atoms with E-state index in [2.05, 4.69) is 92.3 Å². The molecule has 0 spiro atoms. The van der Waals surface area contributed by atoms with Gasteiger partial charge in [0.05, 0.1) is 22.5 Å². The Kier molecular flexibility index (Phi) is 6.24. The van der Waals surface area contributed by atoms with Gasteiger partial charge in [-0.3, -0.25) is 9.78 Å². The SMILES string of the molecule is Cc1ccc(-c2c3nc(c(-c4c(C)cc(C)cc4C)c4ccc(cc5nc(cc6ccc2[nH]6)C(C)(C)C5=O)[nH]4)CC3)cc1. The molecule has 0 fully saturated rings. The number of ketones is 1. The standard InChI is InChI=1S/C38H36N4O/c1-21-7-9-25(10-8-21)35-28-13-12-27(40-28)20-33-38(5,6)37(43)32(42-33)19-26-11-14-30(39-26)36(31-16-15-29(35)41-31)34-23(3)17-22(2)18-24(34)4/h7-14,17-20,39-40H,15-16H2,1-6H3. The van der Waals surface area contributed by atoms with E-state index < -0.39 is 5.41 Å². The number of benzene rings is 2. The molecule has 0 saturated heterocycles. The molecule has 0 aliphatic carbocycles. The van der Waals surface area contributed by atoms with Crippen LogP contribution in [0.4, 0.5) is 0 Å². The average Bonchev–Trinajstić information content (AvgIpc) is 3.75. The van der Waals surface area contributed by atoms with E-state index in [9.17, 15) is 4.79 Å². The number of aromatic amines is 2. The van der Waals surface area contributed by atoms with E-state index >= 15 is 0 Å². The van der Waals surface area contributed by atoms with Gasteiger partial charge in [0, 0.05) is 33.2 Å². The summed E-state index contributed by atoms with van der Waals surface area (Å²) in [6, 6.07) is 25.4. The van der Waals surface area contributed by atoms with Gasteiger partial charge in [-0.05, 0) is 113 Å². The van der Waals surface area contributed by atoms with Gasteiger partial charge in [-0.1, -0.05) is 47.5 Å². The Bertz CT molecular complexity index is 2090. The van der Waals surface area contributed by atoms with E-state index in [1.165, 1.54) is 27.8 Å². The Morgan fingerprint density at radius 2 is 1.21 bits per heavy atom. The number of carbonyl (C=O) groups is 1. The zero-order valence-corrected chi connectivity index (χ0v) is 25.6. The molecule has 214 valence electrons. The smallest absolute Gasteiger partial charge is 0.192 e. The number of aryl methyl sites for hydroxylation is 6. The summed E-state index contributed by atoms with van der Waals surface area (Å²) in [6.07, 6.45) is 1.68. The molecule has 2 aromatic carbocycles. The van der Waals surface area contributed by atoms with Crippen LogP contribution in [0.1, 0.15) is 63.7 Å². The summed E-state index contributed by atoms with van der Waals surface area (Å²) in [5.74, 6) is 0.0197. The summed E-state index contributed by atoms with van der Waals surface area (Å²) in [7, 11) is 0. The van der Waals surface area contributed by atoms with Crippen LogP contribution in [0.5, 0.6) is 0 Å². The highest BCUT2D eigenvalue weighted by Gasteiger charge is 2.37. The summed E-state index contributed by atoms with van der Waals surface area (Å²) in [4.78, 5) is 31.1. The van der Waals surface area contributed by atoms with E-state index in [0.717, 1.165) is 68.7 Å². The average molecular weight is 565 g/mol. The Morgan fingerprint density at radius 3 is 1.86 bits per heavy atom. The molecule has 0 saturated carbocycles. The van der Waals surface area contributed by atoms with Crippen LogP contribution >= 0.6 is 0 Å². The number of carbonyl (C=O) groups excluding carboxylic acids is 1. The third-order valence-corrected chi connectivity index (χ3v) is 8.93. The first-order valence-corrected chi connectivity index (χ1v) is 15.0. The Morgan fingerprint density at radius 1 is 0.628 bits per heavy atom. The molecule has 0 radical (unpaired) electrons. The van der Waals surface area contributed by atoms with Gasteiger partial charge in [-0.15, -0.1) is 0 Å². The molecule has 0 unspecified atom stereocenters. The highest BCUT2D eigenvalue weighted by molar-refractivity contribution is 6.05. The van der Waals surface area contributed by atoms with Crippen molar-refractivity contribution >= 4 is 27.9 Å². The number of nitrogens with zero attached hydrogens (tertiary/aromatic N) is 2. The highest BCUT2D eigenvalue weighted by Crippen LogP contribution is 2.37. The van der Waals surface area contributed by atoms with Crippen LogP contribution in [0.3, 0.4) is 0 Å². The summed E-state index contributed by atoms with van der Waals surface area (Å²) >= 11 is 0. The van der Waals surface area contributed by atoms with Gasteiger partial charge in [0.25, 0.3) is 0 Å². The fourth-order valence-electron chi connectivity index (χ4n) is 6.73. The molecular formula is C38H36N4O. The zero-order chi connectivity index (χ0) is 30.0. The van der Waals surface area contributed by atoms with Crippen LogP contribution in [-0.4, -0.2) is 25.7 Å². The summed E-state index contributed by atoms with van der Waals surface area (Å²) in [6.45, 7) is 12.5. The number of H-pyrrole nitrogens is 2. The second-order valence-electron chi connectivity index (χ2n) is 12.7. The van der Waals surface area contributed by atoms with Gasteiger partial charge in [-0.2, -0.15) is 0 Å². The Balaban J connectivity index is 1.66. The number of hydrogen-bond donors (Lipinski definition) is 2. The Labute approximate surface area is 252 Å². The number of nitrogens with one attached hydrogen (secondary N) is 2. The van der Waals surface area contributed by atoms with Crippen molar-refractivity contribution in [2.24, 2.45) is 0 Å². The van der Waals surface area contributed by atoms with Crippen molar-refractivity contribution in [3.63, 3.8) is 0 Å². The topological polar surface area (TPSA) is 74.4 Å². The number of Topliss-reactive ketones (excluding diaryl/α,β-unsaturated/α-hetero) is 1. The molecule has 2 aliphatic rings. The third kappa shape index (κ3) is 4.60. The van der Waals surface area contributed by atoms with Crippen molar-refractivity contribution < 1.29 is 4.79 Å². The van der Waals surface area contributed by atoms with Gasteiger partial charge >= 0.3 is 0 Å². The quantitative estimate of drug-likeness (QED) is 0.225. The molecule has 8 bridgehead atoms. The van der Waals surface area contributed by atoms with E-state index in [4.69, 9.17) is 9.97 Å². The molecule has 0 amide bonds. The summed E-state index contributed by atoms with van der Waals surface area (Å²) in [5.41, 5.74) is 15.9. The fourth-order valence-corrected chi connectivity index (χ4v) is 6.73. The van der Waals surface area contributed by atoms with Gasteiger partial charge in [0.15, 0.2) is 5.78 Å². The van der Waals surface area contributed by atoms with Crippen molar-refractivity contribution in [3.8, 4) is 22.3 Å². The Hall–Kier alpha value is -4.77. The van der Waals surface area contributed by atoms with E-state index in [1.807, 2.05) is 32.0 Å². The highest BCUT2D eigenvalue weighted by atomic mass is 16.1. The maximum absolute atomic E-state index is 13.6. The third-order valence-electron chi connectivity index (χ3n) is 8.93. The minimum Gasteiger partial charge on any atom is -0.355 e. The molecule has 2 N–H and O–H groups in total. The van der Waals surface area contributed by atoms with Crippen LogP contribution in [0.2, 0.25) is 0 Å². The molecule has 7 rings (SSSR count). The number of rotatable bonds is 2.